The van der Waals surface area contributed by atoms with Gasteiger partial charge in [0.1, 0.15) is 17.2 Å². The van der Waals surface area contributed by atoms with E-state index in [2.05, 4.69) is 0 Å². The van der Waals surface area contributed by atoms with E-state index in [1.54, 1.807) is 61.5 Å². The van der Waals surface area contributed by atoms with Crippen LogP contribution in [0.25, 0.3) is 6.08 Å². The van der Waals surface area contributed by atoms with Crippen LogP contribution in [0.5, 0.6) is 17.2 Å². The fourth-order valence-corrected chi connectivity index (χ4v) is 4.26. The predicted molar refractivity (Wildman–Crippen MR) is 127 cm³/mol. The molecule has 0 aliphatic carbocycles. The van der Waals surface area contributed by atoms with Crippen molar-refractivity contribution in [1.29, 1.82) is 0 Å². The zero-order valence-corrected chi connectivity index (χ0v) is 19.5. The topological polar surface area (TPSA) is 71.1 Å². The van der Waals surface area contributed by atoms with Crippen molar-refractivity contribution in [3.63, 3.8) is 0 Å². The second-order valence-electron chi connectivity index (χ2n) is 7.87. The van der Waals surface area contributed by atoms with Gasteiger partial charge in [-0.05, 0) is 61.0 Å². The molecule has 0 fully saturated rings. The number of hydrogen-bond acceptors (Lipinski definition) is 6. The normalized spacial score (nSPS) is 15.4. The van der Waals surface area contributed by atoms with E-state index in [-0.39, 0.29) is 30.7 Å². The van der Waals surface area contributed by atoms with Crippen LogP contribution in [-0.4, -0.2) is 25.0 Å². The number of carbonyl (C=O) groups is 2. The van der Waals surface area contributed by atoms with Crippen molar-refractivity contribution in [2.75, 3.05) is 13.4 Å². The van der Waals surface area contributed by atoms with Gasteiger partial charge in [0.25, 0.3) is 0 Å². The second-order valence-corrected chi connectivity index (χ2v) is 8.74. The summed E-state index contributed by atoms with van der Waals surface area (Å²) in [6, 6.07) is 13.4. The van der Waals surface area contributed by atoms with Crippen molar-refractivity contribution in [3.8, 4) is 17.2 Å². The average Bonchev–Trinajstić information content (AvgIpc) is 3.13. The first-order valence-corrected chi connectivity index (χ1v) is 11.2. The minimum Gasteiger partial charge on any atom is -0.485 e. The van der Waals surface area contributed by atoms with E-state index < -0.39 is 0 Å². The van der Waals surface area contributed by atoms with Gasteiger partial charge in [0.15, 0.2) is 24.9 Å². The number of allylic oxidation sites excluding steroid dienone is 1. The number of halogens is 2. The summed E-state index contributed by atoms with van der Waals surface area (Å²) in [5, 5.41) is 1.05. The lowest BCUT2D eigenvalue weighted by molar-refractivity contribution is -0.0165. The molecule has 3 aromatic carbocycles. The number of Topliss-reactive ketones (excluding diaryl/α,β-unsaturated/α-hetero) is 2. The summed E-state index contributed by atoms with van der Waals surface area (Å²) in [4.78, 5) is 25.5. The number of aryl methyl sites for hydroxylation is 1. The number of ketones is 2. The lowest BCUT2D eigenvalue weighted by Gasteiger charge is -2.20. The molecular weight excluding hydrogens is 479 g/mol. The molecule has 0 aromatic heterocycles. The smallest absolute Gasteiger partial charge is 0.232 e. The summed E-state index contributed by atoms with van der Waals surface area (Å²) in [5.74, 6) is 1.10. The van der Waals surface area contributed by atoms with Gasteiger partial charge >= 0.3 is 0 Å². The Bertz CT molecular complexity index is 1340. The third kappa shape index (κ3) is 4.40. The second kappa shape index (κ2) is 9.14. The maximum Gasteiger partial charge on any atom is 0.232 e. The summed E-state index contributed by atoms with van der Waals surface area (Å²) in [7, 11) is 0. The molecule has 0 N–H and O–H groups in total. The highest BCUT2D eigenvalue weighted by atomic mass is 35.5. The van der Waals surface area contributed by atoms with Gasteiger partial charge in [-0.25, -0.2) is 0 Å². The Morgan fingerprint density at radius 2 is 1.88 bits per heavy atom. The molecule has 0 unspecified atom stereocenters. The van der Waals surface area contributed by atoms with E-state index in [1.807, 2.05) is 0 Å². The van der Waals surface area contributed by atoms with E-state index in [0.717, 1.165) is 5.56 Å². The molecule has 0 radical (unpaired) electrons. The van der Waals surface area contributed by atoms with Crippen LogP contribution in [0.1, 0.15) is 37.4 Å². The zero-order chi connectivity index (χ0) is 23.8. The van der Waals surface area contributed by atoms with Crippen LogP contribution in [0.3, 0.4) is 0 Å². The maximum atomic E-state index is 13.1. The molecule has 172 valence electrons. The number of ether oxygens (including phenoxy) is 4. The largest absolute Gasteiger partial charge is 0.485 e. The van der Waals surface area contributed by atoms with Crippen LogP contribution in [0, 0.1) is 6.92 Å². The summed E-state index contributed by atoms with van der Waals surface area (Å²) in [6.07, 6.45) is 1.61. The van der Waals surface area contributed by atoms with Gasteiger partial charge in [0.05, 0.1) is 12.2 Å². The lowest BCUT2D eigenvalue weighted by atomic mass is 10.0. The van der Waals surface area contributed by atoms with Crippen molar-refractivity contribution in [2.24, 2.45) is 0 Å². The third-order valence-corrected chi connectivity index (χ3v) is 5.94. The van der Waals surface area contributed by atoms with Crippen molar-refractivity contribution >= 4 is 40.8 Å². The van der Waals surface area contributed by atoms with Crippen molar-refractivity contribution in [2.45, 2.75) is 13.5 Å². The highest BCUT2D eigenvalue weighted by Gasteiger charge is 2.31. The van der Waals surface area contributed by atoms with E-state index in [0.29, 0.717) is 56.2 Å². The zero-order valence-electron chi connectivity index (χ0n) is 18.0. The van der Waals surface area contributed by atoms with Crippen molar-refractivity contribution in [1.82, 2.24) is 0 Å². The van der Waals surface area contributed by atoms with Gasteiger partial charge in [-0.3, -0.25) is 9.59 Å². The Balaban J connectivity index is 1.38. The Morgan fingerprint density at radius 3 is 2.68 bits per heavy atom. The van der Waals surface area contributed by atoms with Gasteiger partial charge in [-0.15, -0.1) is 0 Å². The number of benzene rings is 3. The molecule has 0 atom stereocenters. The Kier molecular flexibility index (Phi) is 6.04. The number of fused-ring (bicyclic) bond motifs is 2. The van der Waals surface area contributed by atoms with E-state index in [9.17, 15) is 9.59 Å². The molecule has 0 amide bonds. The molecule has 2 heterocycles. The minimum absolute atomic E-state index is 0.119. The molecule has 0 saturated heterocycles. The molecular formula is C26H18Cl2O6. The quantitative estimate of drug-likeness (QED) is 0.316. The van der Waals surface area contributed by atoms with Crippen LogP contribution < -0.4 is 14.2 Å². The van der Waals surface area contributed by atoms with Gasteiger partial charge < -0.3 is 18.9 Å². The summed E-state index contributed by atoms with van der Waals surface area (Å²) >= 11 is 12.1. The van der Waals surface area contributed by atoms with Gasteiger partial charge in [-0.1, -0.05) is 23.2 Å². The van der Waals surface area contributed by atoms with Gasteiger partial charge in [-0.2, -0.15) is 0 Å². The molecule has 2 aliphatic rings. The summed E-state index contributed by atoms with van der Waals surface area (Å²) in [5.41, 5.74) is 3.05. The summed E-state index contributed by atoms with van der Waals surface area (Å²) < 4.78 is 22.5. The van der Waals surface area contributed by atoms with Crippen LogP contribution in [0.4, 0.5) is 0 Å². The predicted octanol–water partition coefficient (Wildman–Crippen LogP) is 6.05. The number of hydrogen-bond donors (Lipinski definition) is 0. The standard InChI is InChI=1S/C26H18Cl2O6/c1-14-6-20(32-12-21(29)15-2-4-18(27)5-3-15)10-22-24(14)25(30)23(34-22)9-16-7-19(28)8-17-11-31-13-33-26(16)17/h2-10H,11-13H2,1H3/b23-9-. The fraction of sp³-hybridized carbons (Fsp3) is 0.154. The Labute approximate surface area is 205 Å². The molecule has 0 spiro atoms. The monoisotopic (exact) mass is 496 g/mol. The highest BCUT2D eigenvalue weighted by molar-refractivity contribution is 6.31. The van der Waals surface area contributed by atoms with Crippen molar-refractivity contribution < 1.29 is 28.5 Å². The van der Waals surface area contributed by atoms with Crippen LogP contribution in [-0.2, 0) is 11.3 Å². The van der Waals surface area contributed by atoms with Crippen LogP contribution in [0.15, 0.2) is 54.3 Å². The lowest BCUT2D eigenvalue weighted by Crippen LogP contribution is -2.12. The molecule has 8 heteroatoms. The van der Waals surface area contributed by atoms with Crippen LogP contribution >= 0.6 is 23.2 Å². The molecule has 0 bridgehead atoms. The first-order valence-electron chi connectivity index (χ1n) is 10.4. The molecule has 3 aromatic rings. The molecule has 5 rings (SSSR count). The Hall–Kier alpha value is -3.32. The third-order valence-electron chi connectivity index (χ3n) is 5.47. The van der Waals surface area contributed by atoms with E-state index >= 15 is 0 Å². The Morgan fingerprint density at radius 1 is 1.09 bits per heavy atom. The van der Waals surface area contributed by atoms with Crippen molar-refractivity contribution in [3.05, 3.63) is 92.2 Å². The van der Waals surface area contributed by atoms with Crippen LogP contribution in [0.2, 0.25) is 10.0 Å². The average molecular weight is 497 g/mol. The minimum atomic E-state index is -0.253. The number of carbonyl (C=O) groups excluding carboxylic acids is 2. The highest BCUT2D eigenvalue weighted by Crippen LogP contribution is 2.39. The first-order chi connectivity index (χ1) is 16.4. The molecule has 34 heavy (non-hydrogen) atoms. The maximum absolute atomic E-state index is 13.1. The molecule has 2 aliphatic heterocycles. The molecule has 6 nitrogen and oxygen atoms in total. The first kappa shape index (κ1) is 22.5. The van der Waals surface area contributed by atoms with Gasteiger partial charge in [0, 0.05) is 32.8 Å². The number of rotatable bonds is 5. The SMILES string of the molecule is Cc1cc(OCC(=O)c2ccc(Cl)cc2)cc2c1C(=O)/C(=C/c1cc(Cl)cc3c1OCOC3)O2. The summed E-state index contributed by atoms with van der Waals surface area (Å²) in [6.45, 7) is 2.12. The van der Waals surface area contributed by atoms with E-state index in [1.165, 1.54) is 0 Å². The van der Waals surface area contributed by atoms with E-state index in [4.69, 9.17) is 42.1 Å². The van der Waals surface area contributed by atoms with Gasteiger partial charge in [0.2, 0.25) is 5.78 Å². The molecule has 0 saturated carbocycles. The fourth-order valence-electron chi connectivity index (χ4n) is 3.89.